The zero-order valence-corrected chi connectivity index (χ0v) is 15.3. The number of amides is 1. The third-order valence-electron chi connectivity index (χ3n) is 6.82. The molecule has 0 radical (unpaired) electrons. The third kappa shape index (κ3) is 1.83. The van der Waals surface area contributed by atoms with E-state index in [0.717, 1.165) is 0 Å². The van der Waals surface area contributed by atoms with E-state index in [1.165, 1.54) is 7.11 Å². The lowest BCUT2D eigenvalue weighted by Gasteiger charge is -2.46. The van der Waals surface area contributed by atoms with Gasteiger partial charge < -0.3 is 18.8 Å². The number of rotatable bonds is 2. The van der Waals surface area contributed by atoms with E-state index < -0.39 is 53.4 Å². The summed E-state index contributed by atoms with van der Waals surface area (Å²) in [7, 11) is 1.32. The number of nitrogens with zero attached hydrogens (tertiary/aromatic N) is 1. The van der Waals surface area contributed by atoms with Crippen molar-refractivity contribution in [2.45, 2.75) is 37.6 Å². The molecule has 7 heteroatoms. The van der Waals surface area contributed by atoms with Gasteiger partial charge in [-0.3, -0.25) is 14.4 Å². The van der Waals surface area contributed by atoms with Crippen LogP contribution < -0.4 is 0 Å². The monoisotopic (exact) mass is 371 g/mol. The normalized spacial score (nSPS) is 44.6. The van der Waals surface area contributed by atoms with Gasteiger partial charge in [-0.25, -0.2) is 0 Å². The molecule has 5 rings (SSSR count). The number of furan rings is 1. The molecule has 1 spiro atoms. The highest BCUT2D eigenvalue weighted by atomic mass is 16.5. The molecule has 3 fully saturated rings. The lowest BCUT2D eigenvalue weighted by Crippen LogP contribution is -2.58. The minimum absolute atomic E-state index is 0.0717. The van der Waals surface area contributed by atoms with Crippen molar-refractivity contribution >= 4 is 17.7 Å². The smallest absolute Gasteiger partial charge is 0.312 e. The molecule has 7 nitrogen and oxygen atoms in total. The van der Waals surface area contributed by atoms with Crippen molar-refractivity contribution in [3.05, 3.63) is 36.3 Å². The molecule has 8 atom stereocenters. The Morgan fingerprint density at radius 2 is 2.04 bits per heavy atom. The number of hydrogen-bond acceptors (Lipinski definition) is 6. The van der Waals surface area contributed by atoms with Gasteiger partial charge in [-0.15, -0.1) is 0 Å². The van der Waals surface area contributed by atoms with Crippen LogP contribution in [-0.2, 0) is 23.9 Å². The topological polar surface area (TPSA) is 86.1 Å². The van der Waals surface area contributed by atoms with Gasteiger partial charge in [0.2, 0.25) is 5.91 Å². The Morgan fingerprint density at radius 1 is 1.26 bits per heavy atom. The first-order valence-corrected chi connectivity index (χ1v) is 9.26. The second-order valence-corrected chi connectivity index (χ2v) is 7.95. The van der Waals surface area contributed by atoms with Gasteiger partial charge in [-0.2, -0.15) is 0 Å². The van der Waals surface area contributed by atoms with Gasteiger partial charge in [0.25, 0.3) is 0 Å². The molecule has 1 aromatic heterocycles. The molecule has 0 N–H and O–H groups in total. The van der Waals surface area contributed by atoms with Gasteiger partial charge in [-0.05, 0) is 12.1 Å². The van der Waals surface area contributed by atoms with E-state index in [2.05, 4.69) is 0 Å². The van der Waals surface area contributed by atoms with Crippen LogP contribution in [0.1, 0.15) is 25.6 Å². The maximum absolute atomic E-state index is 13.6. The number of carbonyl (C=O) groups excluding carboxylic acids is 3. The molecule has 0 aromatic carbocycles. The lowest BCUT2D eigenvalue weighted by molar-refractivity contribution is -0.157. The molecule has 27 heavy (non-hydrogen) atoms. The Morgan fingerprint density at radius 3 is 2.70 bits per heavy atom. The molecular formula is C20H21NO6. The number of esters is 1. The highest BCUT2D eigenvalue weighted by Gasteiger charge is 2.75. The fraction of sp³-hybridized carbons (Fsp3) is 0.550. The largest absolute Gasteiger partial charge is 0.469 e. The van der Waals surface area contributed by atoms with Gasteiger partial charge in [0.05, 0.1) is 37.5 Å². The first-order valence-electron chi connectivity index (χ1n) is 9.26. The van der Waals surface area contributed by atoms with Crippen molar-refractivity contribution in [3.63, 3.8) is 0 Å². The van der Waals surface area contributed by atoms with Crippen molar-refractivity contribution < 1.29 is 28.3 Å². The van der Waals surface area contributed by atoms with E-state index in [0.29, 0.717) is 5.76 Å². The molecule has 4 aliphatic heterocycles. The second-order valence-electron chi connectivity index (χ2n) is 7.95. The van der Waals surface area contributed by atoms with E-state index in [1.54, 1.807) is 23.3 Å². The number of hydrogen-bond donors (Lipinski definition) is 0. The molecule has 1 amide bonds. The summed E-state index contributed by atoms with van der Waals surface area (Å²) in [4.78, 5) is 40.8. The van der Waals surface area contributed by atoms with Gasteiger partial charge in [0, 0.05) is 11.8 Å². The average molecular weight is 371 g/mol. The van der Waals surface area contributed by atoms with Crippen LogP contribution in [0.3, 0.4) is 0 Å². The van der Waals surface area contributed by atoms with Crippen LogP contribution in [0.2, 0.25) is 0 Å². The number of carbonyl (C=O) groups is 3. The number of piperidine rings is 1. The predicted molar refractivity (Wildman–Crippen MR) is 91.2 cm³/mol. The van der Waals surface area contributed by atoms with Crippen molar-refractivity contribution in [2.24, 2.45) is 23.7 Å². The third-order valence-corrected chi connectivity index (χ3v) is 6.82. The van der Waals surface area contributed by atoms with Crippen molar-refractivity contribution in [1.29, 1.82) is 0 Å². The average Bonchev–Trinajstić information content (AvgIpc) is 3.42. The molecule has 3 saturated heterocycles. The fourth-order valence-corrected chi connectivity index (χ4v) is 5.77. The molecule has 2 bridgehead atoms. The van der Waals surface area contributed by atoms with E-state index >= 15 is 0 Å². The van der Waals surface area contributed by atoms with Gasteiger partial charge in [0.15, 0.2) is 0 Å². The molecule has 1 aromatic rings. The Kier molecular flexibility index (Phi) is 3.30. The number of ketones is 1. The Labute approximate surface area is 156 Å². The number of fused-ring (bicyclic) bond motifs is 2. The number of Topliss-reactive ketones (excluding diaryl/α,β-unsaturated/α-hetero) is 1. The van der Waals surface area contributed by atoms with Crippen molar-refractivity contribution in [2.75, 3.05) is 7.11 Å². The van der Waals surface area contributed by atoms with E-state index in [4.69, 9.17) is 13.9 Å². The molecule has 4 aliphatic rings. The summed E-state index contributed by atoms with van der Waals surface area (Å²) in [6.45, 7) is 3.67. The Bertz CT molecular complexity index is 860. The van der Waals surface area contributed by atoms with Crippen LogP contribution in [0, 0.1) is 23.7 Å². The maximum atomic E-state index is 13.6. The quantitative estimate of drug-likeness (QED) is 0.578. The van der Waals surface area contributed by atoms with Crippen molar-refractivity contribution in [3.8, 4) is 0 Å². The highest BCUT2D eigenvalue weighted by molar-refractivity contribution is 5.96. The Hall–Kier alpha value is -2.41. The number of methoxy groups -OCH3 is 1. The van der Waals surface area contributed by atoms with Crippen LogP contribution in [0.25, 0.3) is 0 Å². The summed E-state index contributed by atoms with van der Waals surface area (Å²) in [5.74, 6) is -2.15. The van der Waals surface area contributed by atoms with Gasteiger partial charge >= 0.3 is 5.97 Å². The minimum atomic E-state index is -0.972. The summed E-state index contributed by atoms with van der Waals surface area (Å²) in [6, 6.07) is 2.56. The molecule has 0 aliphatic carbocycles. The van der Waals surface area contributed by atoms with Gasteiger partial charge in [0.1, 0.15) is 23.1 Å². The molecule has 0 saturated carbocycles. The number of ether oxygens (including phenoxy) is 2. The first kappa shape index (κ1) is 16.7. The summed E-state index contributed by atoms with van der Waals surface area (Å²) in [5.41, 5.74) is -0.972. The zero-order chi connectivity index (χ0) is 19.1. The Balaban J connectivity index is 1.67. The lowest BCUT2D eigenvalue weighted by atomic mass is 9.69. The van der Waals surface area contributed by atoms with Crippen LogP contribution in [0.5, 0.6) is 0 Å². The second kappa shape index (κ2) is 5.32. The SMILES string of the molecule is COC(=O)[C@H]1[C@H]2C=C[C@@]3(O2)[C@@H]2[C@H](C)C(=O)[C@H](C)[C@H](c4ccco4)N2C(=O)[C@@H]13. The summed E-state index contributed by atoms with van der Waals surface area (Å²) >= 11 is 0. The summed E-state index contributed by atoms with van der Waals surface area (Å²) in [6.07, 6.45) is 4.76. The van der Waals surface area contributed by atoms with Crippen LogP contribution in [0.15, 0.2) is 35.0 Å². The van der Waals surface area contributed by atoms with E-state index in [1.807, 2.05) is 26.0 Å². The predicted octanol–water partition coefficient (Wildman–Crippen LogP) is 1.50. The van der Waals surface area contributed by atoms with E-state index in [9.17, 15) is 14.4 Å². The van der Waals surface area contributed by atoms with E-state index in [-0.39, 0.29) is 11.7 Å². The standard InChI is InChI=1S/C20H21NO6/c1-9-15(12-5-4-8-26-12)21-17(10(2)16(9)22)20-7-6-11(27-20)13(19(24)25-3)14(20)18(21)23/h4-11,13-15,17H,1-3H3/t9-,10-,11-,13+,14-,15-,17+,20+/m1/s1. The van der Waals surface area contributed by atoms with Crippen LogP contribution >= 0.6 is 0 Å². The first-order chi connectivity index (χ1) is 12.9. The van der Waals surface area contributed by atoms with Crippen LogP contribution in [0.4, 0.5) is 0 Å². The zero-order valence-electron chi connectivity index (χ0n) is 15.3. The summed E-state index contributed by atoms with van der Waals surface area (Å²) in [5, 5.41) is 0. The molecule has 142 valence electrons. The molecule has 0 unspecified atom stereocenters. The van der Waals surface area contributed by atoms with Gasteiger partial charge in [-0.1, -0.05) is 26.0 Å². The molecular weight excluding hydrogens is 350 g/mol. The highest BCUT2D eigenvalue weighted by Crippen LogP contribution is 2.60. The minimum Gasteiger partial charge on any atom is -0.469 e. The maximum Gasteiger partial charge on any atom is 0.312 e. The van der Waals surface area contributed by atoms with Crippen LogP contribution in [-0.4, -0.2) is 47.4 Å². The fourth-order valence-electron chi connectivity index (χ4n) is 5.77. The van der Waals surface area contributed by atoms with Crippen molar-refractivity contribution in [1.82, 2.24) is 4.90 Å². The summed E-state index contributed by atoms with van der Waals surface area (Å²) < 4.78 is 16.8. The molecule has 5 heterocycles.